The van der Waals surface area contributed by atoms with Crippen LogP contribution in [0.3, 0.4) is 0 Å². The fraction of sp³-hybridized carbons (Fsp3) is 0.538. The van der Waals surface area contributed by atoms with Crippen LogP contribution < -0.4 is 5.73 Å². The molecule has 2 N–H and O–H groups in total. The predicted octanol–water partition coefficient (Wildman–Crippen LogP) is 1.25. The Kier molecular flexibility index (Phi) is 3.99. The third kappa shape index (κ3) is 2.77. The van der Waals surface area contributed by atoms with Crippen LogP contribution in [-0.2, 0) is 22.4 Å². The van der Waals surface area contributed by atoms with Crippen LogP contribution in [0.15, 0.2) is 18.2 Å². The van der Waals surface area contributed by atoms with Crippen molar-refractivity contribution in [1.29, 1.82) is 0 Å². The summed E-state index contributed by atoms with van der Waals surface area (Å²) in [5.74, 6) is 0. The van der Waals surface area contributed by atoms with Crippen LogP contribution in [0.5, 0.6) is 0 Å². The van der Waals surface area contributed by atoms with E-state index < -0.39 is 0 Å². The molecule has 0 radical (unpaired) electrons. The number of benzene rings is 1. The highest BCUT2D eigenvalue weighted by Crippen LogP contribution is 2.24. The second kappa shape index (κ2) is 5.49. The van der Waals surface area contributed by atoms with Crippen LogP contribution in [0.25, 0.3) is 0 Å². The first-order valence-corrected chi connectivity index (χ1v) is 5.88. The molecule has 0 fully saturated rings. The first kappa shape index (κ1) is 12.4. The van der Waals surface area contributed by atoms with Crippen LogP contribution in [0, 0.1) is 0 Å². The molecule has 1 aromatic carbocycles. The second-order valence-corrected chi connectivity index (χ2v) is 4.37. The summed E-state index contributed by atoms with van der Waals surface area (Å²) < 4.78 is 10.5. The van der Waals surface area contributed by atoms with Gasteiger partial charge < -0.3 is 15.2 Å². The van der Waals surface area contributed by atoms with E-state index in [9.17, 15) is 0 Å². The Morgan fingerprint density at radius 1 is 1.35 bits per heavy atom. The lowest BCUT2D eigenvalue weighted by Crippen LogP contribution is -2.38. The van der Waals surface area contributed by atoms with Crippen LogP contribution in [-0.4, -0.2) is 38.5 Å². The summed E-state index contributed by atoms with van der Waals surface area (Å²) >= 11 is 0. The number of anilines is 1. The number of nitrogen functional groups attached to an aromatic ring is 1. The van der Waals surface area contributed by atoms with Crippen LogP contribution in [0.4, 0.5) is 5.69 Å². The number of nitrogens with two attached hydrogens (primary N) is 1. The lowest BCUT2D eigenvalue weighted by molar-refractivity contribution is -0.117. The van der Waals surface area contributed by atoms with Crippen LogP contribution in [0.1, 0.15) is 11.1 Å². The smallest absolute Gasteiger partial charge is 0.169 e. The highest BCUT2D eigenvalue weighted by atomic mass is 16.7. The van der Waals surface area contributed by atoms with E-state index in [4.69, 9.17) is 15.2 Å². The zero-order chi connectivity index (χ0) is 12.3. The highest BCUT2D eigenvalue weighted by Gasteiger charge is 2.20. The summed E-state index contributed by atoms with van der Waals surface area (Å²) in [6, 6.07) is 6.15. The van der Waals surface area contributed by atoms with Gasteiger partial charge in [-0.15, -0.1) is 0 Å². The van der Waals surface area contributed by atoms with E-state index in [0.29, 0.717) is 0 Å². The number of ether oxygens (including phenoxy) is 2. The number of methoxy groups -OCH3 is 2. The third-order valence-electron chi connectivity index (χ3n) is 3.32. The number of hydrogen-bond donors (Lipinski definition) is 1. The molecule has 94 valence electrons. The molecule has 4 nitrogen and oxygen atoms in total. The molecule has 0 bridgehead atoms. The van der Waals surface area contributed by atoms with E-state index in [0.717, 1.165) is 31.7 Å². The molecule has 1 aromatic rings. The largest absolute Gasteiger partial charge is 0.398 e. The lowest BCUT2D eigenvalue weighted by atomic mass is 9.98. The molecular weight excluding hydrogens is 216 g/mol. The molecule has 0 unspecified atom stereocenters. The van der Waals surface area contributed by atoms with Gasteiger partial charge in [-0.1, -0.05) is 12.1 Å². The summed E-state index contributed by atoms with van der Waals surface area (Å²) in [4.78, 5) is 2.32. The molecule has 0 saturated heterocycles. The molecule has 0 spiro atoms. The molecule has 17 heavy (non-hydrogen) atoms. The summed E-state index contributed by atoms with van der Waals surface area (Å²) in [5, 5.41) is 0. The average Bonchev–Trinajstić information content (AvgIpc) is 2.37. The summed E-state index contributed by atoms with van der Waals surface area (Å²) in [6.45, 7) is 2.69. The van der Waals surface area contributed by atoms with Gasteiger partial charge >= 0.3 is 0 Å². The Bertz CT molecular complexity index is 378. The Morgan fingerprint density at radius 2 is 2.12 bits per heavy atom. The SMILES string of the molecule is COC(CN1CCc2cccc(N)c2C1)OC. The maximum absolute atomic E-state index is 6.01. The monoisotopic (exact) mass is 236 g/mol. The minimum absolute atomic E-state index is 0.165. The van der Waals surface area contributed by atoms with Gasteiger partial charge in [-0.25, -0.2) is 0 Å². The van der Waals surface area contributed by atoms with E-state index in [2.05, 4.69) is 11.0 Å². The van der Waals surface area contributed by atoms with Crippen molar-refractivity contribution in [1.82, 2.24) is 4.90 Å². The summed E-state index contributed by atoms with van der Waals surface area (Å²) in [6.07, 6.45) is 0.877. The van der Waals surface area contributed by atoms with Crippen LogP contribution >= 0.6 is 0 Å². The normalized spacial score (nSPS) is 16.2. The van der Waals surface area contributed by atoms with Gasteiger partial charge in [-0.05, 0) is 23.6 Å². The molecule has 1 heterocycles. The molecule has 0 amide bonds. The maximum atomic E-state index is 6.01. The standard InChI is InChI=1S/C13H20N2O2/c1-16-13(17-2)9-15-7-6-10-4-3-5-12(14)11(10)8-15/h3-5,13H,6-9,14H2,1-2H3. The number of fused-ring (bicyclic) bond motifs is 1. The first-order chi connectivity index (χ1) is 8.24. The Labute approximate surface area is 102 Å². The topological polar surface area (TPSA) is 47.7 Å². The zero-order valence-corrected chi connectivity index (χ0v) is 10.5. The van der Waals surface area contributed by atoms with E-state index in [1.807, 2.05) is 12.1 Å². The summed E-state index contributed by atoms with van der Waals surface area (Å²) in [5.41, 5.74) is 9.52. The van der Waals surface area contributed by atoms with E-state index in [1.165, 1.54) is 11.1 Å². The van der Waals surface area contributed by atoms with Crippen molar-refractivity contribution in [2.45, 2.75) is 19.3 Å². The third-order valence-corrected chi connectivity index (χ3v) is 3.32. The van der Waals surface area contributed by atoms with Crippen molar-refractivity contribution in [3.63, 3.8) is 0 Å². The Hall–Kier alpha value is -1.10. The van der Waals surface area contributed by atoms with Crippen molar-refractivity contribution >= 4 is 5.69 Å². The molecule has 0 saturated carbocycles. The lowest BCUT2D eigenvalue weighted by Gasteiger charge is -2.31. The van der Waals surface area contributed by atoms with Gasteiger partial charge in [0.2, 0.25) is 0 Å². The van der Waals surface area contributed by atoms with E-state index in [1.54, 1.807) is 14.2 Å². The van der Waals surface area contributed by atoms with Gasteiger partial charge in [0.1, 0.15) is 0 Å². The Morgan fingerprint density at radius 3 is 2.82 bits per heavy atom. The van der Waals surface area contributed by atoms with Crippen molar-refractivity contribution < 1.29 is 9.47 Å². The predicted molar refractivity (Wildman–Crippen MR) is 67.6 cm³/mol. The van der Waals surface area contributed by atoms with Crippen molar-refractivity contribution in [2.75, 3.05) is 33.0 Å². The van der Waals surface area contributed by atoms with Gasteiger partial charge in [0.05, 0.1) is 0 Å². The zero-order valence-electron chi connectivity index (χ0n) is 10.5. The van der Waals surface area contributed by atoms with Crippen molar-refractivity contribution in [3.05, 3.63) is 29.3 Å². The van der Waals surface area contributed by atoms with Gasteiger partial charge in [-0.3, -0.25) is 4.90 Å². The minimum Gasteiger partial charge on any atom is -0.398 e. The van der Waals surface area contributed by atoms with Gasteiger partial charge in [-0.2, -0.15) is 0 Å². The second-order valence-electron chi connectivity index (χ2n) is 4.37. The maximum Gasteiger partial charge on any atom is 0.169 e. The van der Waals surface area contributed by atoms with Gasteiger partial charge in [0.25, 0.3) is 0 Å². The Balaban J connectivity index is 2.05. The first-order valence-electron chi connectivity index (χ1n) is 5.88. The molecule has 2 rings (SSSR count). The quantitative estimate of drug-likeness (QED) is 0.631. The molecule has 4 heteroatoms. The van der Waals surface area contributed by atoms with E-state index >= 15 is 0 Å². The van der Waals surface area contributed by atoms with Gasteiger partial charge in [0.15, 0.2) is 6.29 Å². The average molecular weight is 236 g/mol. The summed E-state index contributed by atoms with van der Waals surface area (Å²) in [7, 11) is 3.33. The molecule has 0 aliphatic carbocycles. The van der Waals surface area contributed by atoms with E-state index in [-0.39, 0.29) is 6.29 Å². The fourth-order valence-electron chi connectivity index (χ4n) is 2.27. The van der Waals surface area contributed by atoms with Crippen molar-refractivity contribution in [3.8, 4) is 0 Å². The molecule has 0 aromatic heterocycles. The molecule has 1 aliphatic heterocycles. The molecular formula is C13H20N2O2. The van der Waals surface area contributed by atoms with Crippen LogP contribution in [0.2, 0.25) is 0 Å². The number of nitrogens with zero attached hydrogens (tertiary/aromatic N) is 1. The minimum atomic E-state index is -0.165. The van der Waals surface area contributed by atoms with Gasteiger partial charge in [0, 0.05) is 39.5 Å². The molecule has 1 aliphatic rings. The highest BCUT2D eigenvalue weighted by molar-refractivity contribution is 5.51. The molecule has 0 atom stereocenters. The number of rotatable bonds is 4. The van der Waals surface area contributed by atoms with Crippen molar-refractivity contribution in [2.24, 2.45) is 0 Å². The fourth-order valence-corrected chi connectivity index (χ4v) is 2.27. The number of hydrogen-bond acceptors (Lipinski definition) is 4.